The molecule has 2 heterocycles. The number of carbonyl (C=O) groups excluding carboxylic acids is 1. The number of halogens is 1. The first-order valence-corrected chi connectivity index (χ1v) is 7.26. The van der Waals surface area contributed by atoms with Crippen LogP contribution in [0.1, 0.15) is 4.88 Å². The fourth-order valence-electron chi connectivity index (χ4n) is 1.56. The van der Waals surface area contributed by atoms with Crippen LogP contribution in [0.25, 0.3) is 5.76 Å². The van der Waals surface area contributed by atoms with Crippen molar-refractivity contribution in [2.24, 2.45) is 0 Å². The van der Waals surface area contributed by atoms with Gasteiger partial charge in [-0.15, -0.1) is 11.3 Å². The third-order valence-electron chi connectivity index (χ3n) is 2.46. The summed E-state index contributed by atoms with van der Waals surface area (Å²) in [4.78, 5) is 9.52. The van der Waals surface area contributed by atoms with E-state index in [1.54, 1.807) is 0 Å². The second kappa shape index (κ2) is 4.15. The van der Waals surface area contributed by atoms with Crippen LogP contribution in [0.4, 0.5) is 0 Å². The van der Waals surface area contributed by atoms with Gasteiger partial charge in [0.05, 0.1) is 9.21 Å². The molecule has 0 unspecified atom stereocenters. The average Bonchev–Trinajstić information content (AvgIpc) is 2.70. The fraction of sp³-hybridized carbons (Fsp3) is 0.222. The largest absolute Gasteiger partial charge is 0.539 e. The van der Waals surface area contributed by atoms with Crippen LogP contribution in [0.5, 0.6) is 0 Å². The predicted molar refractivity (Wildman–Crippen MR) is 67.8 cm³/mol. The summed E-state index contributed by atoms with van der Waals surface area (Å²) in [5.41, 5.74) is -0.316. The molecule has 1 aliphatic rings. The van der Waals surface area contributed by atoms with Crippen LogP contribution in [-0.4, -0.2) is 42.8 Å². The van der Waals surface area contributed by atoms with Gasteiger partial charge in [0.2, 0.25) is 5.70 Å². The van der Waals surface area contributed by atoms with E-state index in [2.05, 4.69) is 4.74 Å². The first-order valence-electron chi connectivity index (χ1n) is 4.63. The van der Waals surface area contributed by atoms with Crippen LogP contribution in [0.3, 0.4) is 0 Å². The number of thiophene rings is 1. The highest BCUT2D eigenvalue weighted by molar-refractivity contribution is 7.89. The van der Waals surface area contributed by atoms with Crippen molar-refractivity contribution >= 4 is 44.7 Å². The minimum atomic E-state index is -3.86. The van der Waals surface area contributed by atoms with Gasteiger partial charge in [0.15, 0.2) is 12.9 Å². The van der Waals surface area contributed by atoms with Gasteiger partial charge < -0.3 is 14.6 Å². The summed E-state index contributed by atoms with van der Waals surface area (Å²) in [6.45, 7) is 0. The van der Waals surface area contributed by atoms with Crippen LogP contribution in [-0.2, 0) is 14.8 Å². The number of fused-ring (bicyclic) bond motifs is 1. The highest BCUT2D eigenvalue weighted by atomic mass is 35.5. The van der Waals surface area contributed by atoms with Crippen molar-refractivity contribution in [2.75, 3.05) is 14.2 Å². The van der Waals surface area contributed by atoms with E-state index in [0.29, 0.717) is 0 Å². The Morgan fingerprint density at radius 2 is 2.22 bits per heavy atom. The Labute approximate surface area is 112 Å². The second-order valence-corrected chi connectivity index (χ2v) is 7.04. The highest BCUT2D eigenvalue weighted by Crippen LogP contribution is 2.41. The van der Waals surface area contributed by atoms with Gasteiger partial charge in [-0.25, -0.2) is 8.42 Å². The Hall–Kier alpha value is -1.25. The zero-order valence-electron chi connectivity index (χ0n) is 9.34. The van der Waals surface area contributed by atoms with Gasteiger partial charge in [-0.3, -0.25) is 4.31 Å². The first kappa shape index (κ1) is 13.2. The number of rotatable bonds is 1. The maximum atomic E-state index is 12.1. The van der Waals surface area contributed by atoms with Crippen molar-refractivity contribution in [3.05, 3.63) is 21.0 Å². The third-order valence-corrected chi connectivity index (χ3v) is 5.64. The minimum absolute atomic E-state index is 0.0803. The highest BCUT2D eigenvalue weighted by Gasteiger charge is 2.43. The normalized spacial score (nSPS) is 17.6. The van der Waals surface area contributed by atoms with Gasteiger partial charge in [-0.2, -0.15) is 0 Å². The quantitative estimate of drug-likeness (QED) is 0.627. The third kappa shape index (κ3) is 1.68. The molecule has 6 nitrogen and oxygen atoms in total. The van der Waals surface area contributed by atoms with Crippen LogP contribution in [0, 0.1) is 0 Å². The van der Waals surface area contributed by atoms with Gasteiger partial charge in [0, 0.05) is 7.05 Å². The van der Waals surface area contributed by atoms with E-state index in [9.17, 15) is 18.3 Å². The number of methoxy groups -OCH3 is 1. The van der Waals surface area contributed by atoms with Gasteiger partial charge in [0.1, 0.15) is 4.90 Å². The van der Waals surface area contributed by atoms with Crippen molar-refractivity contribution in [2.45, 2.75) is 4.90 Å². The van der Waals surface area contributed by atoms with Crippen molar-refractivity contribution in [3.8, 4) is 0 Å². The molecule has 9 heteroatoms. The van der Waals surface area contributed by atoms with Crippen LogP contribution < -0.4 is 0 Å². The smallest absolute Gasteiger partial charge is 0.504 e. The Bertz CT molecular complexity index is 660. The monoisotopic (exact) mass is 310 g/mol. The van der Waals surface area contributed by atoms with E-state index in [1.165, 1.54) is 13.1 Å². The van der Waals surface area contributed by atoms with E-state index >= 15 is 0 Å². The van der Waals surface area contributed by atoms with Crippen LogP contribution in [0.2, 0.25) is 4.34 Å². The van der Waals surface area contributed by atoms with E-state index < -0.39 is 21.8 Å². The maximum absolute atomic E-state index is 12.1. The number of likely N-dealkylation sites (N-methyl/N-ethyl adjacent to an activating group) is 1. The molecule has 0 amide bonds. The van der Waals surface area contributed by atoms with Crippen LogP contribution >= 0.6 is 22.9 Å². The summed E-state index contributed by atoms with van der Waals surface area (Å²) in [6.07, 6.45) is 0. The molecule has 2 rings (SSSR count). The topological polar surface area (TPSA) is 88.2 Å². The standard InChI is InChI=1S/C9H8ClNO5S2/c1-11-6(9(13)16-2)7(12)8-4(18(11,14)15)3-5(10)17-8/h3,12H,1-2H3/p+1. The molecule has 0 aromatic carbocycles. The number of hydrogen-bond acceptors (Lipinski definition) is 5. The number of aliphatic hydroxyl groups excluding tert-OH is 1. The predicted octanol–water partition coefficient (Wildman–Crippen LogP) is 1.41. The lowest BCUT2D eigenvalue weighted by Crippen LogP contribution is -2.35. The number of esters is 1. The van der Waals surface area contributed by atoms with E-state index in [-0.39, 0.29) is 19.8 Å². The summed E-state index contributed by atoms with van der Waals surface area (Å²) < 4.78 is 29.8. The van der Waals surface area contributed by atoms with Crippen molar-refractivity contribution in [1.82, 2.24) is 4.31 Å². The molecule has 0 saturated heterocycles. The Kier molecular flexibility index (Phi) is 3.04. The molecule has 0 spiro atoms. The summed E-state index contributed by atoms with van der Waals surface area (Å²) >= 11 is 6.66. The Morgan fingerprint density at radius 1 is 1.61 bits per heavy atom. The van der Waals surface area contributed by atoms with E-state index in [0.717, 1.165) is 22.8 Å². The second-order valence-electron chi connectivity index (χ2n) is 3.42. The summed E-state index contributed by atoms with van der Waals surface area (Å²) in [5, 5.41) is 10.0. The number of aliphatic hydroxyl groups is 1. The lowest BCUT2D eigenvalue weighted by atomic mass is 10.3. The van der Waals surface area contributed by atoms with Crippen molar-refractivity contribution < 1.29 is 23.1 Å². The van der Waals surface area contributed by atoms with Gasteiger partial charge in [0.25, 0.3) is 10.0 Å². The summed E-state index contributed by atoms with van der Waals surface area (Å²) in [5.74, 6) is -1.08. The Balaban J connectivity index is 2.80. The number of sulfonamides is 1. The fourth-order valence-corrected chi connectivity index (χ4v) is 4.50. The Morgan fingerprint density at radius 3 is 2.78 bits per heavy atom. The molecule has 0 radical (unpaired) electrons. The average molecular weight is 311 g/mol. The summed E-state index contributed by atoms with van der Waals surface area (Å²) in [6, 6.07) is 1.25. The number of ether oxygens (including phenoxy) is 1. The maximum Gasteiger partial charge on any atom is 0.539 e. The molecule has 2 N–H and O–H groups in total. The zero-order chi connectivity index (χ0) is 13.7. The van der Waals surface area contributed by atoms with Crippen LogP contribution in [0.15, 0.2) is 16.7 Å². The zero-order valence-corrected chi connectivity index (χ0v) is 11.7. The SMILES string of the molecule is COC(=[OH+])C1=C(O)c2sc(Cl)cc2S(=O)(=O)N1C. The number of hydrogen-bond donors (Lipinski definition) is 1. The molecule has 1 aromatic heterocycles. The molecule has 98 valence electrons. The first-order chi connectivity index (χ1) is 8.30. The molecule has 0 bridgehead atoms. The van der Waals surface area contributed by atoms with Gasteiger partial charge in [-0.1, -0.05) is 11.6 Å². The number of nitrogens with zero attached hydrogens (tertiary/aromatic N) is 1. The molecule has 1 aliphatic heterocycles. The molecule has 0 aliphatic carbocycles. The molecular weight excluding hydrogens is 302 g/mol. The lowest BCUT2D eigenvalue weighted by molar-refractivity contribution is 0.340. The molecular formula is C9H9ClNO5S2+. The van der Waals surface area contributed by atoms with Gasteiger partial charge >= 0.3 is 5.97 Å². The molecule has 1 aromatic rings. The van der Waals surface area contributed by atoms with Crippen molar-refractivity contribution in [3.63, 3.8) is 0 Å². The molecule has 0 fully saturated rings. The lowest BCUT2D eigenvalue weighted by Gasteiger charge is -2.23. The van der Waals surface area contributed by atoms with E-state index in [1.807, 2.05) is 0 Å². The van der Waals surface area contributed by atoms with E-state index in [4.69, 9.17) is 11.6 Å². The summed E-state index contributed by atoms with van der Waals surface area (Å²) in [7, 11) is -1.50. The van der Waals surface area contributed by atoms with Crippen molar-refractivity contribution in [1.29, 1.82) is 0 Å². The molecule has 0 saturated carbocycles. The molecule has 18 heavy (non-hydrogen) atoms. The minimum Gasteiger partial charge on any atom is -0.504 e. The molecule has 0 atom stereocenters. The van der Waals surface area contributed by atoms with Gasteiger partial charge in [-0.05, 0) is 6.07 Å².